The van der Waals surface area contributed by atoms with Crippen molar-refractivity contribution in [3.63, 3.8) is 0 Å². The lowest BCUT2D eigenvalue weighted by molar-refractivity contribution is -0.149. The molecule has 2 heteroatoms. The molecule has 0 saturated carbocycles. The van der Waals surface area contributed by atoms with Crippen molar-refractivity contribution < 1.29 is 9.53 Å². The molecule has 0 aliphatic heterocycles. The molecule has 2 nitrogen and oxygen atoms in total. The monoisotopic (exact) mass is 232 g/mol. The molecule has 0 aliphatic rings. The first-order valence-corrected chi connectivity index (χ1v) is 5.76. The summed E-state index contributed by atoms with van der Waals surface area (Å²) in [6, 6.07) is 8.01. The quantitative estimate of drug-likeness (QED) is 0.573. The van der Waals surface area contributed by atoms with Crippen molar-refractivity contribution in [2.45, 2.75) is 40.2 Å². The Kier molecular flexibility index (Phi) is 4.11. The molecule has 92 valence electrons. The van der Waals surface area contributed by atoms with E-state index in [0.717, 1.165) is 5.56 Å². The summed E-state index contributed by atoms with van der Waals surface area (Å²) in [5.74, 6) is -0.265. The number of carbonyl (C=O) groups is 1. The molecule has 17 heavy (non-hydrogen) atoms. The first-order chi connectivity index (χ1) is 7.78. The van der Waals surface area contributed by atoms with Crippen molar-refractivity contribution in [3.8, 4) is 0 Å². The molecule has 0 saturated heterocycles. The molecule has 0 aromatic heterocycles. The Bertz CT molecular complexity index is 436. The lowest BCUT2D eigenvalue weighted by Crippen LogP contribution is -2.24. The van der Waals surface area contributed by atoms with Crippen LogP contribution in [0.3, 0.4) is 0 Å². The zero-order valence-corrected chi connectivity index (χ0v) is 11.2. The molecule has 0 amide bonds. The minimum absolute atomic E-state index is 0.265. The van der Waals surface area contributed by atoms with Crippen LogP contribution in [0.1, 0.15) is 38.8 Å². The molecule has 0 bridgehead atoms. The Hall–Kier alpha value is -1.57. The number of aryl methyl sites for hydroxylation is 1. The maximum Gasteiger partial charge on any atom is 0.334 e. The van der Waals surface area contributed by atoms with Crippen LogP contribution in [-0.4, -0.2) is 11.6 Å². The van der Waals surface area contributed by atoms with Gasteiger partial charge in [0.1, 0.15) is 5.60 Å². The predicted molar refractivity (Wildman–Crippen MR) is 70.7 cm³/mol. The molecule has 0 fully saturated rings. The van der Waals surface area contributed by atoms with Gasteiger partial charge in [-0.3, -0.25) is 0 Å². The Morgan fingerprint density at radius 1 is 1.29 bits per heavy atom. The molecule has 1 rings (SSSR count). The van der Waals surface area contributed by atoms with Crippen LogP contribution >= 0.6 is 0 Å². The number of ether oxygens (including phenoxy) is 1. The standard InChI is InChI=1S/C15H20O2/c1-11-7-6-8-13(9-11)10-12(2)14(16)17-15(3,4)5/h6-10H,1-5H3/b12-10+. The maximum atomic E-state index is 11.8. The van der Waals surface area contributed by atoms with Gasteiger partial charge in [0.05, 0.1) is 0 Å². The van der Waals surface area contributed by atoms with E-state index >= 15 is 0 Å². The highest BCUT2D eigenvalue weighted by Gasteiger charge is 2.17. The van der Waals surface area contributed by atoms with E-state index in [9.17, 15) is 4.79 Å². The van der Waals surface area contributed by atoms with E-state index in [4.69, 9.17) is 4.74 Å². The molecule has 0 aliphatic carbocycles. The number of esters is 1. The molecule has 0 unspecified atom stereocenters. The van der Waals surface area contributed by atoms with Gasteiger partial charge < -0.3 is 4.74 Å². The number of hydrogen-bond acceptors (Lipinski definition) is 2. The van der Waals surface area contributed by atoms with E-state index in [1.807, 2.05) is 58.0 Å². The van der Waals surface area contributed by atoms with E-state index in [0.29, 0.717) is 5.57 Å². The molecular weight excluding hydrogens is 212 g/mol. The predicted octanol–water partition coefficient (Wildman–Crippen LogP) is 3.74. The van der Waals surface area contributed by atoms with Crippen molar-refractivity contribution in [1.29, 1.82) is 0 Å². The summed E-state index contributed by atoms with van der Waals surface area (Å²) >= 11 is 0. The molecule has 1 aromatic rings. The molecule has 0 spiro atoms. The Labute approximate surface area is 103 Å². The highest BCUT2D eigenvalue weighted by Crippen LogP contribution is 2.14. The molecule has 1 aromatic carbocycles. The second kappa shape index (κ2) is 5.17. The smallest absolute Gasteiger partial charge is 0.334 e. The molecule has 0 N–H and O–H groups in total. The second-order valence-electron chi connectivity index (χ2n) is 5.24. The van der Waals surface area contributed by atoms with Gasteiger partial charge in [0.15, 0.2) is 0 Å². The van der Waals surface area contributed by atoms with E-state index in [1.165, 1.54) is 5.56 Å². The van der Waals surface area contributed by atoms with Crippen LogP contribution in [0, 0.1) is 6.92 Å². The first kappa shape index (κ1) is 13.5. The summed E-state index contributed by atoms with van der Waals surface area (Å²) in [5, 5.41) is 0. The lowest BCUT2D eigenvalue weighted by atomic mass is 10.1. The van der Waals surface area contributed by atoms with Crippen LogP contribution in [0.4, 0.5) is 0 Å². The summed E-state index contributed by atoms with van der Waals surface area (Å²) < 4.78 is 5.29. The Morgan fingerprint density at radius 3 is 2.47 bits per heavy atom. The van der Waals surface area contributed by atoms with Crippen LogP contribution in [-0.2, 0) is 9.53 Å². The van der Waals surface area contributed by atoms with Crippen LogP contribution in [0.5, 0.6) is 0 Å². The van der Waals surface area contributed by atoms with Crippen molar-refractivity contribution in [2.75, 3.05) is 0 Å². The minimum Gasteiger partial charge on any atom is -0.457 e. The van der Waals surface area contributed by atoms with Crippen molar-refractivity contribution in [1.82, 2.24) is 0 Å². The minimum atomic E-state index is -0.446. The van der Waals surface area contributed by atoms with Gasteiger partial charge in [-0.1, -0.05) is 29.8 Å². The largest absolute Gasteiger partial charge is 0.457 e. The van der Waals surface area contributed by atoms with Gasteiger partial charge in [0, 0.05) is 5.57 Å². The van der Waals surface area contributed by atoms with Gasteiger partial charge >= 0.3 is 5.97 Å². The summed E-state index contributed by atoms with van der Waals surface area (Å²) in [6.45, 7) is 9.40. The van der Waals surface area contributed by atoms with Crippen molar-refractivity contribution in [2.24, 2.45) is 0 Å². The van der Waals surface area contributed by atoms with Gasteiger partial charge in [-0.25, -0.2) is 4.79 Å². The Morgan fingerprint density at radius 2 is 1.94 bits per heavy atom. The fourth-order valence-corrected chi connectivity index (χ4v) is 1.43. The van der Waals surface area contributed by atoms with Crippen LogP contribution in [0.25, 0.3) is 6.08 Å². The van der Waals surface area contributed by atoms with Crippen molar-refractivity contribution >= 4 is 12.0 Å². The average Bonchev–Trinajstić information content (AvgIpc) is 2.14. The molecule has 0 atom stereocenters. The van der Waals surface area contributed by atoms with Gasteiger partial charge in [0.2, 0.25) is 0 Å². The average molecular weight is 232 g/mol. The van der Waals surface area contributed by atoms with Crippen LogP contribution in [0.15, 0.2) is 29.8 Å². The van der Waals surface area contributed by atoms with Gasteiger partial charge in [0.25, 0.3) is 0 Å². The summed E-state index contributed by atoms with van der Waals surface area (Å²) in [4.78, 5) is 11.8. The van der Waals surface area contributed by atoms with Gasteiger partial charge in [-0.15, -0.1) is 0 Å². The van der Waals surface area contributed by atoms with E-state index in [1.54, 1.807) is 6.92 Å². The third-order valence-electron chi connectivity index (χ3n) is 2.15. The highest BCUT2D eigenvalue weighted by molar-refractivity contribution is 5.93. The van der Waals surface area contributed by atoms with Crippen molar-refractivity contribution in [3.05, 3.63) is 41.0 Å². The molecular formula is C15H20O2. The summed E-state index contributed by atoms with van der Waals surface area (Å²) in [5.41, 5.74) is 2.37. The van der Waals surface area contributed by atoms with E-state index in [2.05, 4.69) is 0 Å². The third kappa shape index (κ3) is 4.85. The maximum absolute atomic E-state index is 11.8. The van der Waals surface area contributed by atoms with E-state index in [-0.39, 0.29) is 5.97 Å². The van der Waals surface area contributed by atoms with E-state index < -0.39 is 5.60 Å². The van der Waals surface area contributed by atoms with Gasteiger partial charge in [-0.2, -0.15) is 0 Å². The Balaban J connectivity index is 2.82. The molecule has 0 radical (unpaired) electrons. The third-order valence-corrected chi connectivity index (χ3v) is 2.15. The van der Waals surface area contributed by atoms with Crippen LogP contribution < -0.4 is 0 Å². The zero-order chi connectivity index (χ0) is 13.1. The lowest BCUT2D eigenvalue weighted by Gasteiger charge is -2.19. The fraction of sp³-hybridized carbons (Fsp3) is 0.400. The fourth-order valence-electron chi connectivity index (χ4n) is 1.43. The topological polar surface area (TPSA) is 26.3 Å². The second-order valence-corrected chi connectivity index (χ2v) is 5.24. The number of hydrogen-bond donors (Lipinski definition) is 0. The normalized spacial score (nSPS) is 12.4. The van der Waals surface area contributed by atoms with Crippen LogP contribution in [0.2, 0.25) is 0 Å². The molecule has 0 heterocycles. The SMILES string of the molecule is C/C(=C\c1cccc(C)c1)C(=O)OC(C)(C)C. The van der Waals surface area contributed by atoms with Gasteiger partial charge in [-0.05, 0) is 46.3 Å². The zero-order valence-electron chi connectivity index (χ0n) is 11.2. The summed E-state index contributed by atoms with van der Waals surface area (Å²) in [6.07, 6.45) is 1.85. The number of rotatable bonds is 2. The first-order valence-electron chi connectivity index (χ1n) is 5.76. The summed E-state index contributed by atoms with van der Waals surface area (Å²) in [7, 11) is 0. The number of benzene rings is 1. The number of carbonyl (C=O) groups excluding carboxylic acids is 1. The highest BCUT2D eigenvalue weighted by atomic mass is 16.6.